The lowest BCUT2D eigenvalue weighted by molar-refractivity contribution is -0.128. The molecule has 2 N–H and O–H groups in total. The summed E-state index contributed by atoms with van der Waals surface area (Å²) in [5.74, 6) is -0.0422. The Labute approximate surface area is 183 Å². The first-order chi connectivity index (χ1) is 14.9. The molecular formula is C24H30N4O3. The van der Waals surface area contributed by atoms with Crippen molar-refractivity contribution in [3.05, 3.63) is 59.7 Å². The van der Waals surface area contributed by atoms with Crippen LogP contribution in [0.25, 0.3) is 0 Å². The van der Waals surface area contributed by atoms with Crippen molar-refractivity contribution in [2.45, 2.75) is 25.7 Å². The Morgan fingerprint density at radius 2 is 1.68 bits per heavy atom. The van der Waals surface area contributed by atoms with Gasteiger partial charge in [-0.1, -0.05) is 18.2 Å². The second kappa shape index (κ2) is 10.6. The maximum Gasteiger partial charge on any atom is 0.253 e. The van der Waals surface area contributed by atoms with Gasteiger partial charge in [0.05, 0.1) is 6.54 Å². The third-order valence-corrected chi connectivity index (χ3v) is 5.32. The summed E-state index contributed by atoms with van der Waals surface area (Å²) in [5, 5.41) is 5.93. The SMILES string of the molecule is CN(C)C(=O)CCc1ccc(NC(=O)CNc2cccc(C(=O)N3CCCC3)c2)cc1. The zero-order chi connectivity index (χ0) is 22.2. The Hall–Kier alpha value is -3.35. The first kappa shape index (κ1) is 22.3. The largest absolute Gasteiger partial charge is 0.376 e. The number of rotatable bonds is 8. The zero-order valence-corrected chi connectivity index (χ0v) is 18.2. The van der Waals surface area contributed by atoms with Crippen molar-refractivity contribution < 1.29 is 14.4 Å². The number of hydrogen-bond acceptors (Lipinski definition) is 4. The maximum absolute atomic E-state index is 12.5. The van der Waals surface area contributed by atoms with E-state index in [1.54, 1.807) is 31.1 Å². The number of anilines is 2. The molecule has 0 aromatic heterocycles. The lowest BCUT2D eigenvalue weighted by Gasteiger charge is -2.16. The molecule has 0 saturated carbocycles. The molecule has 2 aromatic carbocycles. The van der Waals surface area contributed by atoms with E-state index in [1.165, 1.54) is 0 Å². The van der Waals surface area contributed by atoms with Gasteiger partial charge in [-0.3, -0.25) is 14.4 Å². The summed E-state index contributed by atoms with van der Waals surface area (Å²) < 4.78 is 0. The minimum atomic E-state index is -0.174. The number of benzene rings is 2. The second-order valence-electron chi connectivity index (χ2n) is 7.97. The molecule has 0 unspecified atom stereocenters. The first-order valence-electron chi connectivity index (χ1n) is 10.6. The van der Waals surface area contributed by atoms with Gasteiger partial charge < -0.3 is 20.4 Å². The van der Waals surface area contributed by atoms with Crippen LogP contribution in [0.15, 0.2) is 48.5 Å². The highest BCUT2D eigenvalue weighted by atomic mass is 16.2. The Bertz CT molecular complexity index is 919. The van der Waals surface area contributed by atoms with Crippen molar-refractivity contribution in [1.82, 2.24) is 9.80 Å². The fraction of sp³-hybridized carbons (Fsp3) is 0.375. The Kier molecular flexibility index (Phi) is 7.65. The van der Waals surface area contributed by atoms with Crippen LogP contribution in [0.3, 0.4) is 0 Å². The van der Waals surface area contributed by atoms with E-state index in [4.69, 9.17) is 0 Å². The standard InChI is InChI=1S/C24H30N4O3/c1-27(2)23(30)13-10-18-8-11-20(12-9-18)26-22(29)17-25-21-7-5-6-19(16-21)24(31)28-14-3-4-15-28/h5-9,11-12,16,25H,3-4,10,13-15,17H2,1-2H3,(H,26,29). The summed E-state index contributed by atoms with van der Waals surface area (Å²) in [6, 6.07) is 14.8. The minimum absolute atomic E-state index is 0.0398. The summed E-state index contributed by atoms with van der Waals surface area (Å²) in [4.78, 5) is 39.9. The van der Waals surface area contributed by atoms with Crippen LogP contribution in [0, 0.1) is 0 Å². The highest BCUT2D eigenvalue weighted by molar-refractivity contribution is 5.96. The summed E-state index contributed by atoms with van der Waals surface area (Å²) >= 11 is 0. The molecule has 0 bridgehead atoms. The normalized spacial score (nSPS) is 13.0. The fourth-order valence-electron chi connectivity index (χ4n) is 3.48. The molecule has 31 heavy (non-hydrogen) atoms. The van der Waals surface area contributed by atoms with E-state index in [1.807, 2.05) is 41.3 Å². The summed E-state index contributed by atoms with van der Waals surface area (Å²) in [6.45, 7) is 1.72. The van der Waals surface area contributed by atoms with Gasteiger partial charge >= 0.3 is 0 Å². The van der Waals surface area contributed by atoms with Crippen molar-refractivity contribution in [1.29, 1.82) is 0 Å². The monoisotopic (exact) mass is 422 g/mol. The first-order valence-corrected chi connectivity index (χ1v) is 10.6. The van der Waals surface area contributed by atoms with Gasteiger partial charge in [0, 0.05) is 50.5 Å². The highest BCUT2D eigenvalue weighted by Crippen LogP contribution is 2.16. The number of carbonyl (C=O) groups excluding carboxylic acids is 3. The average molecular weight is 423 g/mol. The van der Waals surface area contributed by atoms with Crippen LogP contribution in [-0.4, -0.2) is 61.3 Å². The van der Waals surface area contributed by atoms with Crippen molar-refractivity contribution in [2.75, 3.05) is 44.4 Å². The van der Waals surface area contributed by atoms with Crippen molar-refractivity contribution in [3.8, 4) is 0 Å². The van der Waals surface area contributed by atoms with Gasteiger partial charge in [0.2, 0.25) is 11.8 Å². The maximum atomic E-state index is 12.5. The van der Waals surface area contributed by atoms with Crippen LogP contribution in [-0.2, 0) is 16.0 Å². The van der Waals surface area contributed by atoms with Gasteiger partial charge in [-0.25, -0.2) is 0 Å². The molecular weight excluding hydrogens is 392 g/mol. The van der Waals surface area contributed by atoms with Crippen molar-refractivity contribution in [3.63, 3.8) is 0 Å². The molecule has 0 radical (unpaired) electrons. The number of hydrogen-bond donors (Lipinski definition) is 2. The minimum Gasteiger partial charge on any atom is -0.376 e. The van der Waals surface area contributed by atoms with Crippen LogP contribution in [0.4, 0.5) is 11.4 Å². The van der Waals surface area contributed by atoms with E-state index in [9.17, 15) is 14.4 Å². The summed E-state index contributed by atoms with van der Waals surface area (Å²) in [5.41, 5.74) is 3.12. The van der Waals surface area contributed by atoms with E-state index in [2.05, 4.69) is 10.6 Å². The Morgan fingerprint density at radius 1 is 0.968 bits per heavy atom. The van der Waals surface area contributed by atoms with Gasteiger partial charge in [0.1, 0.15) is 0 Å². The molecule has 3 amide bonds. The molecule has 3 rings (SSSR count). The predicted molar refractivity (Wildman–Crippen MR) is 122 cm³/mol. The molecule has 1 saturated heterocycles. The topological polar surface area (TPSA) is 81.8 Å². The van der Waals surface area contributed by atoms with Gasteiger partial charge in [-0.2, -0.15) is 0 Å². The van der Waals surface area contributed by atoms with Crippen molar-refractivity contribution in [2.24, 2.45) is 0 Å². The van der Waals surface area contributed by atoms with E-state index in [0.717, 1.165) is 37.2 Å². The van der Waals surface area contributed by atoms with Gasteiger partial charge in [-0.05, 0) is 55.2 Å². The number of nitrogens with zero attached hydrogens (tertiary/aromatic N) is 2. The molecule has 0 atom stereocenters. The lowest BCUT2D eigenvalue weighted by Crippen LogP contribution is -2.27. The number of carbonyl (C=O) groups is 3. The van der Waals surface area contributed by atoms with E-state index in [0.29, 0.717) is 24.1 Å². The molecule has 1 fully saturated rings. The number of aryl methyl sites for hydroxylation is 1. The van der Waals surface area contributed by atoms with Gasteiger partial charge in [-0.15, -0.1) is 0 Å². The lowest BCUT2D eigenvalue weighted by atomic mass is 10.1. The molecule has 0 aliphatic carbocycles. The van der Waals surface area contributed by atoms with E-state index >= 15 is 0 Å². The second-order valence-corrected chi connectivity index (χ2v) is 7.97. The number of nitrogens with one attached hydrogen (secondary N) is 2. The quantitative estimate of drug-likeness (QED) is 0.685. The molecule has 1 heterocycles. The molecule has 1 aliphatic heterocycles. The smallest absolute Gasteiger partial charge is 0.253 e. The molecule has 0 spiro atoms. The molecule has 7 heteroatoms. The average Bonchev–Trinajstić information content (AvgIpc) is 3.31. The summed E-state index contributed by atoms with van der Waals surface area (Å²) in [7, 11) is 3.49. The third kappa shape index (κ3) is 6.57. The van der Waals surface area contributed by atoms with E-state index in [-0.39, 0.29) is 24.3 Å². The Balaban J connectivity index is 1.47. The summed E-state index contributed by atoms with van der Waals surface area (Å²) in [6.07, 6.45) is 3.24. The van der Waals surface area contributed by atoms with E-state index < -0.39 is 0 Å². The fourth-order valence-corrected chi connectivity index (χ4v) is 3.48. The van der Waals surface area contributed by atoms with Gasteiger partial charge in [0.15, 0.2) is 0 Å². The van der Waals surface area contributed by atoms with Crippen LogP contribution in [0.5, 0.6) is 0 Å². The number of likely N-dealkylation sites (tertiary alicyclic amines) is 1. The molecule has 1 aliphatic rings. The predicted octanol–water partition coefficient (Wildman–Crippen LogP) is 2.99. The van der Waals surface area contributed by atoms with Crippen molar-refractivity contribution >= 4 is 29.1 Å². The zero-order valence-electron chi connectivity index (χ0n) is 18.2. The highest BCUT2D eigenvalue weighted by Gasteiger charge is 2.19. The number of amides is 3. The van der Waals surface area contributed by atoms with Gasteiger partial charge in [0.25, 0.3) is 5.91 Å². The van der Waals surface area contributed by atoms with Crippen LogP contribution < -0.4 is 10.6 Å². The molecule has 2 aromatic rings. The van der Waals surface area contributed by atoms with Crippen LogP contribution in [0.1, 0.15) is 35.2 Å². The third-order valence-electron chi connectivity index (χ3n) is 5.32. The Morgan fingerprint density at radius 3 is 2.35 bits per heavy atom. The molecule has 7 nitrogen and oxygen atoms in total. The molecule has 164 valence electrons. The van der Waals surface area contributed by atoms with Crippen LogP contribution in [0.2, 0.25) is 0 Å². The van der Waals surface area contributed by atoms with Crippen LogP contribution >= 0.6 is 0 Å².